The van der Waals surface area contributed by atoms with Crippen molar-refractivity contribution in [2.75, 3.05) is 13.1 Å². The first-order chi connectivity index (χ1) is 14.7. The van der Waals surface area contributed by atoms with E-state index in [4.69, 9.17) is 9.84 Å². The Balaban J connectivity index is 1.38. The molecule has 0 bridgehead atoms. The lowest BCUT2D eigenvalue weighted by atomic mass is 10.00. The number of carbonyl (C=O) groups is 1. The monoisotopic (exact) mass is 403 g/mol. The van der Waals surface area contributed by atoms with Crippen molar-refractivity contribution in [3.8, 4) is 0 Å². The summed E-state index contributed by atoms with van der Waals surface area (Å²) >= 11 is 0. The third kappa shape index (κ3) is 5.09. The number of aromatic nitrogens is 2. The highest BCUT2D eigenvalue weighted by Gasteiger charge is 2.25. The minimum Gasteiger partial charge on any atom is -0.476 e. The maximum absolute atomic E-state index is 11.1. The molecule has 0 saturated carbocycles. The van der Waals surface area contributed by atoms with Crippen molar-refractivity contribution in [1.82, 2.24) is 14.9 Å². The van der Waals surface area contributed by atoms with E-state index >= 15 is 0 Å². The maximum Gasteiger partial charge on any atom is 0.356 e. The van der Waals surface area contributed by atoms with Gasteiger partial charge in [0.05, 0.1) is 18.0 Å². The van der Waals surface area contributed by atoms with Gasteiger partial charge in [-0.05, 0) is 24.0 Å². The molecular weight excluding hydrogens is 378 g/mol. The minimum atomic E-state index is -1.05. The first-order valence-electron chi connectivity index (χ1n) is 10.2. The highest BCUT2D eigenvalue weighted by molar-refractivity contribution is 5.84. The summed E-state index contributed by atoms with van der Waals surface area (Å²) in [5, 5.41) is 9.09. The number of ether oxygens (including phenoxy) is 1. The molecule has 0 unspecified atom stereocenters. The second-order valence-corrected chi connectivity index (χ2v) is 7.51. The van der Waals surface area contributed by atoms with Crippen LogP contribution in [0, 0.1) is 0 Å². The van der Waals surface area contributed by atoms with Gasteiger partial charge in [0, 0.05) is 25.8 Å². The molecule has 154 valence electrons. The molecular formula is C24H25N3O3. The summed E-state index contributed by atoms with van der Waals surface area (Å²) in [4.78, 5) is 21.5. The van der Waals surface area contributed by atoms with Gasteiger partial charge in [0.25, 0.3) is 0 Å². The molecule has 4 rings (SSSR count). The molecule has 6 nitrogen and oxygen atoms in total. The number of nitrogens with zero attached hydrogens (tertiary/aromatic N) is 3. The Labute approximate surface area is 176 Å². The summed E-state index contributed by atoms with van der Waals surface area (Å²) in [6.07, 6.45) is 4.84. The average Bonchev–Trinajstić information content (AvgIpc) is 2.80. The van der Waals surface area contributed by atoms with E-state index in [-0.39, 0.29) is 17.9 Å². The topological polar surface area (TPSA) is 75.5 Å². The highest BCUT2D eigenvalue weighted by atomic mass is 16.5. The van der Waals surface area contributed by atoms with Gasteiger partial charge < -0.3 is 9.84 Å². The van der Waals surface area contributed by atoms with Crippen LogP contribution in [0.2, 0.25) is 0 Å². The van der Waals surface area contributed by atoms with Crippen molar-refractivity contribution in [3.05, 3.63) is 95.6 Å². The lowest BCUT2D eigenvalue weighted by Crippen LogP contribution is -2.37. The third-order valence-corrected chi connectivity index (χ3v) is 5.36. The summed E-state index contributed by atoms with van der Waals surface area (Å²) in [6.45, 7) is 2.35. The van der Waals surface area contributed by atoms with Crippen LogP contribution in [0.4, 0.5) is 0 Å². The number of carboxylic acids is 1. The quantitative estimate of drug-likeness (QED) is 0.644. The number of aromatic carboxylic acids is 1. The smallest absolute Gasteiger partial charge is 0.356 e. The molecule has 0 amide bonds. The molecule has 0 spiro atoms. The van der Waals surface area contributed by atoms with Crippen LogP contribution < -0.4 is 0 Å². The fourth-order valence-corrected chi connectivity index (χ4v) is 3.82. The Bertz CT molecular complexity index is 918. The van der Waals surface area contributed by atoms with E-state index in [0.29, 0.717) is 12.2 Å². The molecule has 0 aliphatic carbocycles. The molecule has 1 fully saturated rings. The predicted molar refractivity (Wildman–Crippen MR) is 113 cm³/mol. The summed E-state index contributed by atoms with van der Waals surface area (Å²) in [7, 11) is 0. The van der Waals surface area contributed by atoms with Crippen molar-refractivity contribution in [1.29, 1.82) is 0 Å². The Hall–Kier alpha value is -3.09. The van der Waals surface area contributed by atoms with E-state index < -0.39 is 5.97 Å². The van der Waals surface area contributed by atoms with Crippen molar-refractivity contribution in [2.24, 2.45) is 0 Å². The molecule has 3 aromatic rings. The van der Waals surface area contributed by atoms with Crippen molar-refractivity contribution in [3.63, 3.8) is 0 Å². The number of carboxylic acid groups (broad SMARTS) is 1. The van der Waals surface area contributed by atoms with Gasteiger partial charge in [0.15, 0.2) is 5.69 Å². The van der Waals surface area contributed by atoms with Crippen LogP contribution in [0.3, 0.4) is 0 Å². The molecule has 1 aliphatic heterocycles. The number of piperidine rings is 1. The summed E-state index contributed by atoms with van der Waals surface area (Å²) < 4.78 is 6.58. The summed E-state index contributed by atoms with van der Waals surface area (Å²) in [5.41, 5.74) is 2.98. The molecule has 2 heterocycles. The molecule has 30 heavy (non-hydrogen) atoms. The van der Waals surface area contributed by atoms with E-state index in [1.807, 2.05) is 36.4 Å². The van der Waals surface area contributed by atoms with Gasteiger partial charge in [-0.2, -0.15) is 0 Å². The Morgan fingerprint density at radius 2 is 1.60 bits per heavy atom. The van der Waals surface area contributed by atoms with E-state index in [1.54, 1.807) is 6.20 Å². The highest BCUT2D eigenvalue weighted by Crippen LogP contribution is 2.30. The number of rotatable bonds is 7. The zero-order valence-corrected chi connectivity index (χ0v) is 16.7. The van der Waals surface area contributed by atoms with Crippen molar-refractivity contribution < 1.29 is 14.6 Å². The van der Waals surface area contributed by atoms with Crippen LogP contribution in [0.15, 0.2) is 73.1 Å². The lowest BCUT2D eigenvalue weighted by Gasteiger charge is -2.34. The zero-order valence-electron chi connectivity index (χ0n) is 16.7. The molecule has 0 atom stereocenters. The number of likely N-dealkylation sites (tertiary alicyclic amines) is 1. The molecule has 1 saturated heterocycles. The van der Waals surface area contributed by atoms with Crippen LogP contribution in [-0.4, -0.2) is 45.1 Å². The average molecular weight is 403 g/mol. The fourth-order valence-electron chi connectivity index (χ4n) is 3.82. The van der Waals surface area contributed by atoms with E-state index in [0.717, 1.165) is 37.1 Å². The van der Waals surface area contributed by atoms with Crippen LogP contribution in [0.25, 0.3) is 0 Å². The van der Waals surface area contributed by atoms with Crippen molar-refractivity contribution >= 4 is 5.97 Å². The van der Waals surface area contributed by atoms with E-state index in [1.165, 1.54) is 6.20 Å². The zero-order chi connectivity index (χ0) is 20.8. The molecule has 1 aliphatic rings. The predicted octanol–water partition coefficient (Wildman–Crippen LogP) is 3.95. The van der Waals surface area contributed by atoms with E-state index in [9.17, 15) is 4.79 Å². The van der Waals surface area contributed by atoms with Gasteiger partial charge in [0.2, 0.25) is 0 Å². The Kier molecular flexibility index (Phi) is 6.47. The molecule has 0 radical (unpaired) electrons. The second kappa shape index (κ2) is 9.61. The summed E-state index contributed by atoms with van der Waals surface area (Å²) in [6, 6.07) is 20.7. The van der Waals surface area contributed by atoms with Crippen molar-refractivity contribution in [2.45, 2.75) is 31.6 Å². The molecule has 1 aromatic heterocycles. The summed E-state index contributed by atoms with van der Waals surface area (Å²) in [5.74, 6) is -1.05. The van der Waals surface area contributed by atoms with Gasteiger partial charge in [-0.3, -0.25) is 9.88 Å². The van der Waals surface area contributed by atoms with Gasteiger partial charge in [-0.25, -0.2) is 9.78 Å². The molecule has 1 N–H and O–H groups in total. The van der Waals surface area contributed by atoms with Gasteiger partial charge >= 0.3 is 5.97 Å². The van der Waals surface area contributed by atoms with Gasteiger partial charge in [-0.15, -0.1) is 0 Å². The molecule has 6 heteroatoms. The second-order valence-electron chi connectivity index (χ2n) is 7.51. The van der Waals surface area contributed by atoms with Gasteiger partial charge in [-0.1, -0.05) is 60.7 Å². The van der Waals surface area contributed by atoms with Crippen LogP contribution in [0.1, 0.15) is 46.3 Å². The Morgan fingerprint density at radius 1 is 1.00 bits per heavy atom. The first-order valence-corrected chi connectivity index (χ1v) is 10.2. The fraction of sp³-hybridized carbons (Fsp3) is 0.292. The first kappa shape index (κ1) is 20.2. The third-order valence-electron chi connectivity index (χ3n) is 5.36. The number of hydrogen-bond acceptors (Lipinski definition) is 5. The molecule has 2 aromatic carbocycles. The maximum atomic E-state index is 11.1. The minimum absolute atomic E-state index is 0.0146. The van der Waals surface area contributed by atoms with Crippen LogP contribution >= 0.6 is 0 Å². The normalized spacial score (nSPS) is 15.4. The largest absolute Gasteiger partial charge is 0.476 e. The van der Waals surface area contributed by atoms with Crippen LogP contribution in [-0.2, 0) is 11.3 Å². The number of hydrogen-bond donors (Lipinski definition) is 1. The van der Waals surface area contributed by atoms with Gasteiger partial charge in [0.1, 0.15) is 6.10 Å². The Morgan fingerprint density at radius 3 is 2.17 bits per heavy atom. The lowest BCUT2D eigenvalue weighted by molar-refractivity contribution is -0.0283. The van der Waals surface area contributed by atoms with Crippen LogP contribution in [0.5, 0.6) is 0 Å². The SMILES string of the molecule is O=C(O)c1cncc(CN2CCC(OC(c3ccccc3)c3ccccc3)CC2)n1. The number of benzene rings is 2. The standard InChI is InChI=1S/C24H25N3O3/c28-24(29)22-16-25-15-20(26-22)17-27-13-11-21(12-14-27)30-23(18-7-3-1-4-8-18)19-9-5-2-6-10-19/h1-10,15-16,21,23H,11-14,17H2,(H,28,29). The van der Waals surface area contributed by atoms with E-state index in [2.05, 4.69) is 39.1 Å².